The van der Waals surface area contributed by atoms with Gasteiger partial charge in [-0.25, -0.2) is 4.79 Å². The number of rotatable bonds is 7. The zero-order valence-corrected chi connectivity index (χ0v) is 16.0. The van der Waals surface area contributed by atoms with E-state index in [4.69, 9.17) is 9.15 Å². The molecule has 1 aromatic carbocycles. The maximum Gasteiger partial charge on any atom is 0.339 e. The maximum atomic E-state index is 12.1. The standard InChI is InChI=1S/C20H27NO5/c1-6-11(2)16(9-22)21-18(23)10-25-17-8-7-15-12(3)13(4)20(24)26-19(15)14(17)5/h7-8,11,16,22H,6,9-10H2,1-5H3,(H,21,23)/t11-,16-/m1/s1. The quantitative estimate of drug-likeness (QED) is 0.740. The Morgan fingerprint density at radius 3 is 2.54 bits per heavy atom. The zero-order valence-electron chi connectivity index (χ0n) is 16.0. The van der Waals surface area contributed by atoms with Gasteiger partial charge in [0.15, 0.2) is 6.61 Å². The average Bonchev–Trinajstić information content (AvgIpc) is 2.63. The first-order chi connectivity index (χ1) is 12.3. The number of hydrogen-bond acceptors (Lipinski definition) is 5. The number of benzene rings is 1. The van der Waals surface area contributed by atoms with Crippen LogP contribution in [0, 0.1) is 26.7 Å². The summed E-state index contributed by atoms with van der Waals surface area (Å²) >= 11 is 0. The van der Waals surface area contributed by atoms with E-state index in [1.54, 1.807) is 19.9 Å². The second kappa shape index (κ2) is 8.36. The molecule has 0 saturated carbocycles. The second-order valence-corrected chi connectivity index (χ2v) is 6.74. The Hall–Kier alpha value is -2.34. The molecule has 2 rings (SSSR count). The topological polar surface area (TPSA) is 88.8 Å². The Morgan fingerprint density at radius 2 is 1.92 bits per heavy atom. The van der Waals surface area contributed by atoms with Crippen LogP contribution in [0.4, 0.5) is 0 Å². The summed E-state index contributed by atoms with van der Waals surface area (Å²) in [6, 6.07) is 3.31. The van der Waals surface area contributed by atoms with E-state index in [0.717, 1.165) is 17.4 Å². The minimum Gasteiger partial charge on any atom is -0.483 e. The summed E-state index contributed by atoms with van der Waals surface area (Å²) in [6.45, 7) is 9.11. The van der Waals surface area contributed by atoms with Crippen LogP contribution in [-0.2, 0) is 4.79 Å². The van der Waals surface area contributed by atoms with Gasteiger partial charge >= 0.3 is 5.63 Å². The van der Waals surface area contributed by atoms with Crippen molar-refractivity contribution >= 4 is 16.9 Å². The van der Waals surface area contributed by atoms with Gasteiger partial charge in [-0.15, -0.1) is 0 Å². The van der Waals surface area contributed by atoms with E-state index in [1.807, 2.05) is 26.8 Å². The molecule has 26 heavy (non-hydrogen) atoms. The maximum absolute atomic E-state index is 12.1. The minimum absolute atomic E-state index is 0.112. The molecule has 142 valence electrons. The summed E-state index contributed by atoms with van der Waals surface area (Å²) in [5, 5.41) is 13.0. The van der Waals surface area contributed by atoms with Crippen molar-refractivity contribution in [3.8, 4) is 5.75 Å². The predicted molar refractivity (Wildman–Crippen MR) is 101 cm³/mol. The summed E-state index contributed by atoms with van der Waals surface area (Å²) in [5.74, 6) is 0.361. The number of nitrogens with one attached hydrogen (secondary N) is 1. The predicted octanol–water partition coefficient (Wildman–Crippen LogP) is 2.62. The third kappa shape index (κ3) is 4.07. The van der Waals surface area contributed by atoms with Gasteiger partial charge in [0.2, 0.25) is 0 Å². The molecule has 1 amide bonds. The van der Waals surface area contributed by atoms with Crippen LogP contribution in [0.1, 0.15) is 37.0 Å². The summed E-state index contributed by atoms with van der Waals surface area (Å²) < 4.78 is 11.0. The lowest BCUT2D eigenvalue weighted by Gasteiger charge is -2.22. The highest BCUT2D eigenvalue weighted by atomic mass is 16.5. The van der Waals surface area contributed by atoms with E-state index in [1.165, 1.54) is 0 Å². The van der Waals surface area contributed by atoms with Crippen molar-refractivity contribution in [2.45, 2.75) is 47.1 Å². The lowest BCUT2D eigenvalue weighted by atomic mass is 10.00. The van der Waals surface area contributed by atoms with Gasteiger partial charge in [-0.1, -0.05) is 20.3 Å². The van der Waals surface area contributed by atoms with Crippen LogP contribution < -0.4 is 15.7 Å². The number of aliphatic hydroxyl groups is 1. The Balaban J connectivity index is 2.17. The van der Waals surface area contributed by atoms with Gasteiger partial charge in [-0.05, 0) is 44.4 Å². The van der Waals surface area contributed by atoms with Gasteiger partial charge in [0.1, 0.15) is 11.3 Å². The third-order valence-electron chi connectivity index (χ3n) is 5.06. The van der Waals surface area contributed by atoms with Crippen molar-refractivity contribution in [3.63, 3.8) is 0 Å². The van der Waals surface area contributed by atoms with Crippen LogP contribution >= 0.6 is 0 Å². The van der Waals surface area contributed by atoms with Crippen molar-refractivity contribution < 1.29 is 19.1 Å². The Bertz CT molecular complexity index is 855. The SMILES string of the molecule is CC[C@@H](C)[C@@H](CO)NC(=O)COc1ccc2c(C)c(C)c(=O)oc2c1C. The first-order valence-electron chi connectivity index (χ1n) is 8.86. The number of aryl methyl sites for hydroxylation is 2. The number of hydrogen-bond donors (Lipinski definition) is 2. The number of fused-ring (bicyclic) bond motifs is 1. The fourth-order valence-electron chi connectivity index (χ4n) is 2.83. The van der Waals surface area contributed by atoms with Crippen LogP contribution in [0.2, 0.25) is 0 Å². The summed E-state index contributed by atoms with van der Waals surface area (Å²) in [4.78, 5) is 24.0. The Morgan fingerprint density at radius 1 is 1.23 bits per heavy atom. The molecule has 0 spiro atoms. The van der Waals surface area contributed by atoms with Crippen molar-refractivity contribution in [3.05, 3.63) is 39.2 Å². The van der Waals surface area contributed by atoms with Crippen LogP contribution in [-0.4, -0.2) is 30.3 Å². The van der Waals surface area contributed by atoms with Gasteiger partial charge in [-0.2, -0.15) is 0 Å². The monoisotopic (exact) mass is 361 g/mol. The molecule has 0 aliphatic carbocycles. The molecule has 2 aromatic rings. The molecule has 2 atom stereocenters. The molecule has 0 bridgehead atoms. The van der Waals surface area contributed by atoms with Crippen LogP contribution in [0.5, 0.6) is 5.75 Å². The molecule has 0 fully saturated rings. The Labute approximate surface area is 153 Å². The first-order valence-corrected chi connectivity index (χ1v) is 8.86. The fourth-order valence-corrected chi connectivity index (χ4v) is 2.83. The van der Waals surface area contributed by atoms with E-state index in [2.05, 4.69) is 5.32 Å². The van der Waals surface area contributed by atoms with Crippen molar-refractivity contribution in [2.75, 3.05) is 13.2 Å². The van der Waals surface area contributed by atoms with Crippen molar-refractivity contribution in [2.24, 2.45) is 5.92 Å². The molecule has 2 N–H and O–H groups in total. The van der Waals surface area contributed by atoms with Crippen molar-refractivity contribution in [1.82, 2.24) is 5.32 Å². The lowest BCUT2D eigenvalue weighted by molar-refractivity contribution is -0.124. The van der Waals surface area contributed by atoms with Crippen molar-refractivity contribution in [1.29, 1.82) is 0 Å². The molecular formula is C20H27NO5. The molecule has 0 radical (unpaired) electrons. The smallest absolute Gasteiger partial charge is 0.339 e. The summed E-state index contributed by atoms with van der Waals surface area (Å²) in [7, 11) is 0. The number of aliphatic hydroxyl groups excluding tert-OH is 1. The van der Waals surface area contributed by atoms with Gasteiger partial charge in [0, 0.05) is 16.5 Å². The highest BCUT2D eigenvalue weighted by Crippen LogP contribution is 2.29. The molecular weight excluding hydrogens is 334 g/mol. The second-order valence-electron chi connectivity index (χ2n) is 6.74. The van der Waals surface area contributed by atoms with E-state index < -0.39 is 0 Å². The average molecular weight is 361 g/mol. The summed E-state index contributed by atoms with van der Waals surface area (Å²) in [5.41, 5.74) is 2.25. The number of amides is 1. The molecule has 1 aromatic heterocycles. The molecule has 0 aliphatic heterocycles. The Kier molecular flexibility index (Phi) is 6.42. The van der Waals surface area contributed by atoms with E-state index >= 15 is 0 Å². The van der Waals surface area contributed by atoms with Crippen LogP contribution in [0.15, 0.2) is 21.3 Å². The number of carbonyl (C=O) groups is 1. The van der Waals surface area contributed by atoms with E-state index in [9.17, 15) is 14.7 Å². The highest BCUT2D eigenvalue weighted by molar-refractivity contribution is 5.85. The highest BCUT2D eigenvalue weighted by Gasteiger charge is 2.18. The third-order valence-corrected chi connectivity index (χ3v) is 5.06. The lowest BCUT2D eigenvalue weighted by Crippen LogP contribution is -2.43. The molecule has 0 unspecified atom stereocenters. The van der Waals surface area contributed by atoms with Gasteiger partial charge in [0.25, 0.3) is 5.91 Å². The molecule has 1 heterocycles. The van der Waals surface area contributed by atoms with Crippen LogP contribution in [0.3, 0.4) is 0 Å². The zero-order chi connectivity index (χ0) is 19.4. The molecule has 6 nitrogen and oxygen atoms in total. The molecule has 6 heteroatoms. The normalized spacial score (nSPS) is 13.5. The largest absolute Gasteiger partial charge is 0.483 e. The number of ether oxygens (including phenoxy) is 1. The minimum atomic E-state index is -0.368. The summed E-state index contributed by atoms with van der Waals surface area (Å²) in [6.07, 6.45) is 0.855. The number of carbonyl (C=O) groups excluding carboxylic acids is 1. The van der Waals surface area contributed by atoms with Gasteiger partial charge in [-0.3, -0.25) is 4.79 Å². The fraction of sp³-hybridized carbons (Fsp3) is 0.500. The molecule has 0 saturated heterocycles. The molecule has 0 aliphatic rings. The van der Waals surface area contributed by atoms with Crippen LogP contribution in [0.25, 0.3) is 11.0 Å². The van der Waals surface area contributed by atoms with Gasteiger partial charge in [0.05, 0.1) is 12.6 Å². The first kappa shape index (κ1) is 20.0. The van der Waals surface area contributed by atoms with E-state index in [-0.39, 0.29) is 36.7 Å². The van der Waals surface area contributed by atoms with E-state index in [0.29, 0.717) is 22.5 Å². The van der Waals surface area contributed by atoms with Gasteiger partial charge < -0.3 is 19.6 Å².